The number of amides is 2. The zero-order chi connectivity index (χ0) is 19.6. The largest absolute Gasteiger partial charge is 0.339 e. The van der Waals surface area contributed by atoms with Crippen LogP contribution in [0.1, 0.15) is 36.2 Å². The number of hydrogen-bond acceptors (Lipinski definition) is 3. The molecule has 2 amide bonds. The quantitative estimate of drug-likeness (QED) is 0.798. The molecule has 1 atom stereocenters. The van der Waals surface area contributed by atoms with Crippen molar-refractivity contribution >= 4 is 34.9 Å². The van der Waals surface area contributed by atoms with Gasteiger partial charge in [-0.25, -0.2) is 0 Å². The van der Waals surface area contributed by atoms with Gasteiger partial charge in [-0.2, -0.15) is 0 Å². The molecular formula is C21H21ClN2O3. The van der Waals surface area contributed by atoms with Crippen molar-refractivity contribution in [2.45, 2.75) is 26.3 Å². The third kappa shape index (κ3) is 4.19. The number of rotatable bonds is 5. The second-order valence-corrected chi connectivity index (χ2v) is 7.35. The van der Waals surface area contributed by atoms with E-state index in [1.165, 1.54) is 0 Å². The molecule has 1 heterocycles. The first kappa shape index (κ1) is 19.1. The van der Waals surface area contributed by atoms with Gasteiger partial charge in [-0.1, -0.05) is 41.9 Å². The molecule has 27 heavy (non-hydrogen) atoms. The highest BCUT2D eigenvalue weighted by Gasteiger charge is 2.35. The number of carbonyl (C=O) groups is 3. The maximum Gasteiger partial charge on any atom is 0.229 e. The van der Waals surface area contributed by atoms with E-state index in [4.69, 9.17) is 11.6 Å². The minimum Gasteiger partial charge on any atom is -0.339 e. The first-order valence-corrected chi connectivity index (χ1v) is 9.24. The first-order chi connectivity index (χ1) is 12.9. The van der Waals surface area contributed by atoms with Crippen LogP contribution in [0, 0.1) is 5.92 Å². The van der Waals surface area contributed by atoms with Crippen LogP contribution in [0.3, 0.4) is 0 Å². The molecular weight excluding hydrogens is 364 g/mol. The van der Waals surface area contributed by atoms with Crippen LogP contribution in [-0.4, -0.2) is 35.1 Å². The van der Waals surface area contributed by atoms with Gasteiger partial charge in [0.2, 0.25) is 11.8 Å². The average molecular weight is 385 g/mol. The highest BCUT2D eigenvalue weighted by molar-refractivity contribution is 6.31. The molecule has 0 radical (unpaired) electrons. The first-order valence-electron chi connectivity index (χ1n) is 8.86. The molecule has 0 aromatic heterocycles. The molecule has 1 N–H and O–H groups in total. The predicted octanol–water partition coefficient (Wildman–Crippen LogP) is 3.77. The highest BCUT2D eigenvalue weighted by atomic mass is 35.5. The molecule has 5 nitrogen and oxygen atoms in total. The van der Waals surface area contributed by atoms with Gasteiger partial charge in [0.05, 0.1) is 11.6 Å². The van der Waals surface area contributed by atoms with E-state index < -0.39 is 5.92 Å². The predicted molar refractivity (Wildman–Crippen MR) is 105 cm³/mol. The molecule has 0 spiro atoms. The Morgan fingerprint density at radius 3 is 2.48 bits per heavy atom. The van der Waals surface area contributed by atoms with Crippen molar-refractivity contribution in [3.05, 3.63) is 64.7 Å². The summed E-state index contributed by atoms with van der Waals surface area (Å²) in [5.74, 6) is -0.951. The molecule has 1 fully saturated rings. The summed E-state index contributed by atoms with van der Waals surface area (Å²) in [4.78, 5) is 39.3. The Bertz CT molecular complexity index is 880. The number of carbonyl (C=O) groups excluding carboxylic acids is 3. The number of halogens is 1. The molecule has 0 unspecified atom stereocenters. The maximum atomic E-state index is 12.8. The third-order valence-electron chi connectivity index (χ3n) is 4.67. The van der Waals surface area contributed by atoms with E-state index in [0.717, 1.165) is 0 Å². The molecule has 1 aliphatic rings. The smallest absolute Gasteiger partial charge is 0.229 e. The maximum absolute atomic E-state index is 12.8. The number of ketones is 1. The topological polar surface area (TPSA) is 66.5 Å². The minimum absolute atomic E-state index is 0.0261. The molecule has 6 heteroatoms. The SMILES string of the molecule is CC(C)N1C[C@@H](C(=O)Nc2ccc(Cl)cc2C(=O)c2ccccc2)CC1=O. The summed E-state index contributed by atoms with van der Waals surface area (Å²) in [6.07, 6.45) is 0.180. The Hall–Kier alpha value is -2.66. The average Bonchev–Trinajstić information content (AvgIpc) is 3.05. The molecule has 2 aromatic rings. The van der Waals surface area contributed by atoms with Crippen molar-refractivity contribution in [1.82, 2.24) is 4.90 Å². The molecule has 2 aromatic carbocycles. The molecule has 0 saturated carbocycles. The summed E-state index contributed by atoms with van der Waals surface area (Å²) in [7, 11) is 0. The molecule has 1 aliphatic heterocycles. The van der Waals surface area contributed by atoms with Gasteiger partial charge in [-0.15, -0.1) is 0 Å². The summed E-state index contributed by atoms with van der Waals surface area (Å²) in [5, 5.41) is 3.22. The van der Waals surface area contributed by atoms with E-state index in [2.05, 4.69) is 5.32 Å². The number of nitrogens with one attached hydrogen (secondary N) is 1. The van der Waals surface area contributed by atoms with Crippen molar-refractivity contribution in [2.75, 3.05) is 11.9 Å². The van der Waals surface area contributed by atoms with Gasteiger partial charge in [0, 0.05) is 35.2 Å². The van der Waals surface area contributed by atoms with Gasteiger partial charge < -0.3 is 10.2 Å². The van der Waals surface area contributed by atoms with Crippen LogP contribution in [-0.2, 0) is 9.59 Å². The number of likely N-dealkylation sites (tertiary alicyclic amines) is 1. The number of anilines is 1. The van der Waals surface area contributed by atoms with Crippen molar-refractivity contribution < 1.29 is 14.4 Å². The van der Waals surface area contributed by atoms with Crippen LogP contribution in [0.2, 0.25) is 5.02 Å². The fourth-order valence-electron chi connectivity index (χ4n) is 3.20. The van der Waals surface area contributed by atoms with Crippen molar-refractivity contribution in [1.29, 1.82) is 0 Å². The van der Waals surface area contributed by atoms with Crippen LogP contribution >= 0.6 is 11.6 Å². The third-order valence-corrected chi connectivity index (χ3v) is 4.91. The lowest BCUT2D eigenvalue weighted by molar-refractivity contribution is -0.129. The Labute approximate surface area is 163 Å². The second-order valence-electron chi connectivity index (χ2n) is 6.92. The van der Waals surface area contributed by atoms with Crippen molar-refractivity contribution in [2.24, 2.45) is 5.92 Å². The van der Waals surface area contributed by atoms with Crippen LogP contribution in [0.4, 0.5) is 5.69 Å². The van der Waals surface area contributed by atoms with Crippen LogP contribution in [0.25, 0.3) is 0 Å². The van der Waals surface area contributed by atoms with Crippen LogP contribution in [0.15, 0.2) is 48.5 Å². The van der Waals surface area contributed by atoms with E-state index in [1.54, 1.807) is 47.4 Å². The van der Waals surface area contributed by atoms with Gasteiger partial charge >= 0.3 is 0 Å². The summed E-state index contributed by atoms with van der Waals surface area (Å²) >= 11 is 6.07. The standard InChI is InChI=1S/C21H21ClN2O3/c1-13(2)24-12-15(10-19(24)25)21(27)23-18-9-8-16(22)11-17(18)20(26)14-6-4-3-5-7-14/h3-9,11,13,15H,10,12H2,1-2H3,(H,23,27)/t15-/m0/s1. The molecule has 0 aliphatic carbocycles. The van der Waals surface area contributed by atoms with E-state index in [0.29, 0.717) is 28.4 Å². The van der Waals surface area contributed by atoms with Crippen LogP contribution in [0.5, 0.6) is 0 Å². The van der Waals surface area contributed by atoms with E-state index >= 15 is 0 Å². The summed E-state index contributed by atoms with van der Waals surface area (Å²) in [6, 6.07) is 13.7. The Kier molecular flexibility index (Phi) is 5.61. The lowest BCUT2D eigenvalue weighted by Crippen LogP contribution is -2.33. The van der Waals surface area contributed by atoms with E-state index in [9.17, 15) is 14.4 Å². The fourth-order valence-corrected chi connectivity index (χ4v) is 3.37. The zero-order valence-electron chi connectivity index (χ0n) is 15.2. The Morgan fingerprint density at radius 1 is 1.15 bits per heavy atom. The van der Waals surface area contributed by atoms with Gasteiger partial charge in [0.15, 0.2) is 5.78 Å². The Morgan fingerprint density at radius 2 is 1.85 bits per heavy atom. The number of nitrogens with zero attached hydrogens (tertiary/aromatic N) is 1. The second kappa shape index (κ2) is 7.92. The molecule has 1 saturated heterocycles. The zero-order valence-corrected chi connectivity index (χ0v) is 16.0. The Balaban J connectivity index is 1.82. The van der Waals surface area contributed by atoms with Gasteiger partial charge in [-0.3, -0.25) is 14.4 Å². The highest BCUT2D eigenvalue weighted by Crippen LogP contribution is 2.26. The fraction of sp³-hybridized carbons (Fsp3) is 0.286. The molecule has 140 valence electrons. The lowest BCUT2D eigenvalue weighted by Gasteiger charge is -2.21. The normalized spacial score (nSPS) is 16.7. The van der Waals surface area contributed by atoms with E-state index in [-0.39, 0.29) is 30.1 Å². The van der Waals surface area contributed by atoms with Crippen molar-refractivity contribution in [3.8, 4) is 0 Å². The molecule has 0 bridgehead atoms. The summed E-state index contributed by atoms with van der Waals surface area (Å²) in [6.45, 7) is 4.24. The van der Waals surface area contributed by atoms with Gasteiger partial charge in [-0.05, 0) is 32.0 Å². The lowest BCUT2D eigenvalue weighted by atomic mass is 10.0. The number of hydrogen-bond donors (Lipinski definition) is 1. The number of benzene rings is 2. The molecule has 3 rings (SSSR count). The van der Waals surface area contributed by atoms with Crippen LogP contribution < -0.4 is 5.32 Å². The summed E-state index contributed by atoms with van der Waals surface area (Å²) < 4.78 is 0. The summed E-state index contributed by atoms with van der Waals surface area (Å²) in [5.41, 5.74) is 1.23. The van der Waals surface area contributed by atoms with Crippen molar-refractivity contribution in [3.63, 3.8) is 0 Å². The minimum atomic E-state index is -0.435. The van der Waals surface area contributed by atoms with Gasteiger partial charge in [0.25, 0.3) is 0 Å². The van der Waals surface area contributed by atoms with Gasteiger partial charge in [0.1, 0.15) is 0 Å². The monoisotopic (exact) mass is 384 g/mol. The van der Waals surface area contributed by atoms with E-state index in [1.807, 2.05) is 19.9 Å².